The Morgan fingerprint density at radius 2 is 1.62 bits per heavy atom. The minimum absolute atomic E-state index is 0.0675. The molecule has 0 fully saturated rings. The number of benzene rings is 1. The number of carbonyl (C=O) groups is 4. The summed E-state index contributed by atoms with van der Waals surface area (Å²) in [4.78, 5) is 57.8. The summed E-state index contributed by atoms with van der Waals surface area (Å²) in [5.74, 6) is -3.17. The lowest BCUT2D eigenvalue weighted by atomic mass is 10.0. The van der Waals surface area contributed by atoms with Crippen LogP contribution in [0.1, 0.15) is 38.7 Å². The zero-order chi connectivity index (χ0) is 29.8. The number of hydrogen-bond donors (Lipinski definition) is 9. The molecule has 0 saturated heterocycles. The normalized spacial score (nSPS) is 14.1. The first kappa shape index (κ1) is 32.4. The number of para-hydroxylation sites is 1. The van der Waals surface area contributed by atoms with Gasteiger partial charge in [0.2, 0.25) is 17.7 Å². The number of H-pyrrole nitrogens is 1. The molecule has 2 aromatic rings. The van der Waals surface area contributed by atoms with Gasteiger partial charge in [0.25, 0.3) is 0 Å². The number of rotatable bonds is 16. The summed E-state index contributed by atoms with van der Waals surface area (Å²) in [5.41, 5.74) is 18.3. The van der Waals surface area contributed by atoms with Gasteiger partial charge in [0, 0.05) is 35.8 Å². The molecule has 0 aliphatic heterocycles. The number of fused-ring (bicyclic) bond motifs is 1. The number of aromatic amines is 1. The number of aliphatic imine (C=N–C) groups is 1. The van der Waals surface area contributed by atoms with Crippen LogP contribution in [0.5, 0.6) is 0 Å². The van der Waals surface area contributed by atoms with Gasteiger partial charge in [0.1, 0.15) is 18.1 Å². The van der Waals surface area contributed by atoms with Crippen LogP contribution in [0.3, 0.4) is 0 Å². The molecule has 4 unspecified atom stereocenters. The summed E-state index contributed by atoms with van der Waals surface area (Å²) in [6.45, 7) is 4.07. The lowest BCUT2D eigenvalue weighted by molar-refractivity contribution is -0.142. The maximum Gasteiger partial charge on any atom is 0.326 e. The molecule has 0 radical (unpaired) electrons. The SMILES string of the molecule is CC(C)CC(N)C(=O)NC(Cc1c[nH]c2ccccc12)C(=O)NC(CS)C(=O)NC(CCCN=C(N)N)C(=O)O. The topological polar surface area (TPSA) is 231 Å². The molecule has 0 saturated carbocycles. The van der Waals surface area contributed by atoms with Crippen LogP contribution < -0.4 is 33.2 Å². The van der Waals surface area contributed by atoms with Crippen molar-refractivity contribution in [1.29, 1.82) is 0 Å². The molecule has 0 bridgehead atoms. The van der Waals surface area contributed by atoms with E-state index in [9.17, 15) is 24.3 Å². The first-order valence-corrected chi connectivity index (χ1v) is 13.7. The summed E-state index contributed by atoms with van der Waals surface area (Å²) in [7, 11) is 0. The molecule has 0 aliphatic rings. The number of guanidine groups is 1. The van der Waals surface area contributed by atoms with Crippen molar-refractivity contribution in [2.75, 3.05) is 12.3 Å². The predicted molar refractivity (Wildman–Crippen MR) is 157 cm³/mol. The number of amides is 3. The van der Waals surface area contributed by atoms with E-state index in [-0.39, 0.29) is 37.0 Å². The monoisotopic (exact) mass is 576 g/mol. The minimum Gasteiger partial charge on any atom is -0.480 e. The lowest BCUT2D eigenvalue weighted by Crippen LogP contribution is -2.58. The molecule has 11 N–H and O–H groups in total. The summed E-state index contributed by atoms with van der Waals surface area (Å²) < 4.78 is 0. The van der Waals surface area contributed by atoms with Crippen LogP contribution in [0.4, 0.5) is 0 Å². The highest BCUT2D eigenvalue weighted by atomic mass is 32.1. The van der Waals surface area contributed by atoms with Crippen molar-refractivity contribution >= 4 is 53.2 Å². The number of nitrogens with zero attached hydrogens (tertiary/aromatic N) is 1. The van der Waals surface area contributed by atoms with Crippen LogP contribution >= 0.6 is 12.6 Å². The molecule has 14 heteroatoms. The van der Waals surface area contributed by atoms with Gasteiger partial charge in [-0.05, 0) is 36.8 Å². The van der Waals surface area contributed by atoms with Crippen molar-refractivity contribution in [3.8, 4) is 0 Å². The summed E-state index contributed by atoms with van der Waals surface area (Å²) >= 11 is 4.18. The molecule has 40 heavy (non-hydrogen) atoms. The molecule has 1 heterocycles. The number of hydrogen-bond acceptors (Lipinski definition) is 7. The van der Waals surface area contributed by atoms with E-state index in [4.69, 9.17) is 17.2 Å². The first-order chi connectivity index (χ1) is 18.9. The van der Waals surface area contributed by atoms with E-state index >= 15 is 0 Å². The molecule has 1 aromatic heterocycles. The number of aromatic nitrogens is 1. The highest BCUT2D eigenvalue weighted by molar-refractivity contribution is 7.80. The third kappa shape index (κ3) is 10.1. The Morgan fingerprint density at radius 3 is 2.25 bits per heavy atom. The number of carboxylic acids is 1. The zero-order valence-electron chi connectivity index (χ0n) is 22.7. The van der Waals surface area contributed by atoms with Gasteiger partial charge in [-0.2, -0.15) is 12.6 Å². The van der Waals surface area contributed by atoms with Crippen molar-refractivity contribution in [1.82, 2.24) is 20.9 Å². The number of carbonyl (C=O) groups excluding carboxylic acids is 3. The molecule has 0 aliphatic carbocycles. The van der Waals surface area contributed by atoms with Crippen molar-refractivity contribution in [2.24, 2.45) is 28.1 Å². The molecule has 13 nitrogen and oxygen atoms in total. The highest BCUT2D eigenvalue weighted by Crippen LogP contribution is 2.19. The summed E-state index contributed by atoms with van der Waals surface area (Å²) in [6.07, 6.45) is 2.68. The number of carboxylic acid groups (broad SMARTS) is 1. The van der Waals surface area contributed by atoms with Crippen LogP contribution in [-0.2, 0) is 25.6 Å². The smallest absolute Gasteiger partial charge is 0.326 e. The Bertz CT molecular complexity index is 1200. The van der Waals surface area contributed by atoms with Crippen LogP contribution in [0, 0.1) is 5.92 Å². The second kappa shape index (κ2) is 15.7. The van der Waals surface area contributed by atoms with Gasteiger partial charge in [-0.3, -0.25) is 19.4 Å². The molecule has 2 rings (SSSR count). The van der Waals surface area contributed by atoms with Gasteiger partial charge in [0.05, 0.1) is 6.04 Å². The van der Waals surface area contributed by atoms with Crippen LogP contribution in [0.15, 0.2) is 35.5 Å². The van der Waals surface area contributed by atoms with E-state index in [0.717, 1.165) is 16.5 Å². The Hall–Kier alpha value is -3.78. The third-order valence-corrected chi connectivity index (χ3v) is 6.53. The number of nitrogens with two attached hydrogens (primary N) is 3. The van der Waals surface area contributed by atoms with E-state index in [1.54, 1.807) is 6.20 Å². The van der Waals surface area contributed by atoms with E-state index in [0.29, 0.717) is 12.8 Å². The predicted octanol–water partition coefficient (Wildman–Crippen LogP) is -0.394. The quantitative estimate of drug-likeness (QED) is 0.0551. The first-order valence-electron chi connectivity index (χ1n) is 13.0. The number of nitrogens with one attached hydrogen (secondary N) is 4. The maximum atomic E-state index is 13.4. The van der Waals surface area contributed by atoms with Crippen molar-refractivity contribution in [2.45, 2.75) is 63.7 Å². The fourth-order valence-electron chi connectivity index (χ4n) is 4.12. The second-order valence-electron chi connectivity index (χ2n) is 9.95. The minimum atomic E-state index is -1.24. The van der Waals surface area contributed by atoms with Gasteiger partial charge in [-0.15, -0.1) is 0 Å². The Kier molecular flexibility index (Phi) is 12.7. The second-order valence-corrected chi connectivity index (χ2v) is 10.3. The van der Waals surface area contributed by atoms with Crippen molar-refractivity contribution < 1.29 is 24.3 Å². The van der Waals surface area contributed by atoms with Gasteiger partial charge in [-0.25, -0.2) is 4.79 Å². The van der Waals surface area contributed by atoms with Crippen LogP contribution in [-0.4, -0.2) is 76.2 Å². The largest absolute Gasteiger partial charge is 0.480 e. The summed E-state index contributed by atoms with van der Waals surface area (Å²) in [5, 5.41) is 18.2. The van der Waals surface area contributed by atoms with E-state index in [2.05, 4.69) is 38.6 Å². The molecular formula is C26H40N8O5S. The molecule has 0 spiro atoms. The van der Waals surface area contributed by atoms with Gasteiger partial charge in [-0.1, -0.05) is 32.0 Å². The highest BCUT2D eigenvalue weighted by Gasteiger charge is 2.30. The Morgan fingerprint density at radius 1 is 1.00 bits per heavy atom. The maximum absolute atomic E-state index is 13.4. The number of thiol groups is 1. The van der Waals surface area contributed by atoms with E-state index in [1.165, 1.54) is 0 Å². The lowest BCUT2D eigenvalue weighted by Gasteiger charge is -2.25. The van der Waals surface area contributed by atoms with Gasteiger partial charge in [0.15, 0.2) is 5.96 Å². The van der Waals surface area contributed by atoms with E-state index in [1.807, 2.05) is 38.1 Å². The Balaban J connectivity index is 2.17. The van der Waals surface area contributed by atoms with Crippen molar-refractivity contribution in [3.63, 3.8) is 0 Å². The van der Waals surface area contributed by atoms with Crippen LogP contribution in [0.2, 0.25) is 0 Å². The fourth-order valence-corrected chi connectivity index (χ4v) is 4.38. The Labute approximate surface area is 238 Å². The zero-order valence-corrected chi connectivity index (χ0v) is 23.6. The average molecular weight is 577 g/mol. The molecule has 3 amide bonds. The van der Waals surface area contributed by atoms with Crippen LogP contribution in [0.25, 0.3) is 10.9 Å². The molecule has 1 aromatic carbocycles. The number of aliphatic carboxylic acids is 1. The van der Waals surface area contributed by atoms with Gasteiger partial charge >= 0.3 is 5.97 Å². The van der Waals surface area contributed by atoms with Crippen molar-refractivity contribution in [3.05, 3.63) is 36.0 Å². The van der Waals surface area contributed by atoms with Gasteiger partial charge < -0.3 is 43.2 Å². The van der Waals surface area contributed by atoms with E-state index < -0.39 is 47.9 Å². The standard InChI is InChI=1S/C26H40N8O5S/c1-14(2)10-17(27)22(35)33-20(11-15-12-31-18-7-4-3-6-16(15)18)23(36)34-21(13-40)24(37)32-19(25(38)39)8-5-9-30-26(28)29/h3-4,6-7,12,14,17,19-21,31,40H,5,8-11,13,27H2,1-2H3,(H,32,37)(H,33,35)(H,34,36)(H,38,39)(H4,28,29,30). The molecule has 220 valence electrons. The summed E-state index contributed by atoms with van der Waals surface area (Å²) in [6, 6.07) is 3.25. The average Bonchev–Trinajstić information content (AvgIpc) is 3.30. The molecule has 4 atom stereocenters. The third-order valence-electron chi connectivity index (χ3n) is 6.17. The molecular weight excluding hydrogens is 536 g/mol. The fraction of sp³-hybridized carbons (Fsp3) is 0.500.